The highest BCUT2D eigenvalue weighted by Gasteiger charge is 2.19. The van der Waals surface area contributed by atoms with E-state index in [1.54, 1.807) is 24.6 Å². The number of aromatic nitrogens is 1. The molecular formula is C20H18N4O5S2. The van der Waals surface area contributed by atoms with E-state index in [4.69, 9.17) is 10.00 Å². The minimum atomic E-state index is -3.78. The van der Waals surface area contributed by atoms with Crippen LogP contribution in [0.5, 0.6) is 0 Å². The Balaban J connectivity index is 1.83. The van der Waals surface area contributed by atoms with E-state index in [-0.39, 0.29) is 41.3 Å². The van der Waals surface area contributed by atoms with Gasteiger partial charge in [0.1, 0.15) is 0 Å². The average molecular weight is 459 g/mol. The predicted octanol–water partition coefficient (Wildman–Crippen LogP) is 2.92. The first kappa shape index (κ1) is 22.4. The Bertz CT molecular complexity index is 1260. The van der Waals surface area contributed by atoms with Crippen molar-refractivity contribution < 1.29 is 22.7 Å². The number of thiazole rings is 1. The van der Waals surface area contributed by atoms with Crippen LogP contribution < -0.4 is 10.0 Å². The molecule has 1 aromatic heterocycles. The van der Waals surface area contributed by atoms with Crippen molar-refractivity contribution in [3.8, 4) is 6.07 Å². The van der Waals surface area contributed by atoms with Gasteiger partial charge in [0, 0.05) is 18.5 Å². The van der Waals surface area contributed by atoms with Gasteiger partial charge in [-0.3, -0.25) is 4.79 Å². The van der Waals surface area contributed by atoms with Crippen molar-refractivity contribution in [2.24, 2.45) is 0 Å². The van der Waals surface area contributed by atoms with E-state index < -0.39 is 21.9 Å². The predicted molar refractivity (Wildman–Crippen MR) is 115 cm³/mol. The first-order valence-electron chi connectivity index (χ1n) is 9.18. The highest BCUT2D eigenvalue weighted by molar-refractivity contribution is 7.89. The summed E-state index contributed by atoms with van der Waals surface area (Å²) in [4.78, 5) is 29.2. The normalized spacial score (nSPS) is 11.1. The minimum Gasteiger partial charge on any atom is -0.462 e. The zero-order valence-corrected chi connectivity index (χ0v) is 18.0. The first-order chi connectivity index (χ1) is 14.9. The van der Waals surface area contributed by atoms with E-state index in [0.717, 1.165) is 4.70 Å². The Hall–Kier alpha value is -3.33. The summed E-state index contributed by atoms with van der Waals surface area (Å²) in [5, 5.41) is 11.2. The van der Waals surface area contributed by atoms with Crippen molar-refractivity contribution in [2.75, 3.05) is 18.5 Å². The Kier molecular flexibility index (Phi) is 6.96. The number of nitrogens with one attached hydrogen (secondary N) is 2. The lowest BCUT2D eigenvalue weighted by Gasteiger charge is -2.11. The molecule has 31 heavy (non-hydrogen) atoms. The number of rotatable bonds is 8. The number of amides is 1. The number of hydrogen-bond acceptors (Lipinski definition) is 8. The van der Waals surface area contributed by atoms with Crippen LogP contribution in [-0.2, 0) is 14.8 Å². The number of hydrogen-bond donors (Lipinski definition) is 2. The van der Waals surface area contributed by atoms with Crippen LogP contribution in [0.3, 0.4) is 0 Å². The highest BCUT2D eigenvalue weighted by Crippen LogP contribution is 2.27. The van der Waals surface area contributed by atoms with Gasteiger partial charge in [-0.15, -0.1) is 11.3 Å². The van der Waals surface area contributed by atoms with Gasteiger partial charge in [-0.05, 0) is 43.3 Å². The number of carbonyl (C=O) groups excluding carboxylic acids is 2. The lowest BCUT2D eigenvalue weighted by Crippen LogP contribution is -2.24. The van der Waals surface area contributed by atoms with Crippen LogP contribution in [0.25, 0.3) is 10.2 Å². The number of nitrogens with zero attached hydrogens (tertiary/aromatic N) is 2. The van der Waals surface area contributed by atoms with Gasteiger partial charge >= 0.3 is 5.97 Å². The highest BCUT2D eigenvalue weighted by atomic mass is 32.2. The third kappa shape index (κ3) is 5.24. The third-order valence-electron chi connectivity index (χ3n) is 4.17. The maximum absolute atomic E-state index is 12.7. The van der Waals surface area contributed by atoms with Crippen LogP contribution in [-0.4, -0.2) is 38.4 Å². The summed E-state index contributed by atoms with van der Waals surface area (Å²) in [6.07, 6.45) is 0.0475. The van der Waals surface area contributed by atoms with Gasteiger partial charge in [0.25, 0.3) is 5.91 Å². The summed E-state index contributed by atoms with van der Waals surface area (Å²) < 4.78 is 32.5. The molecule has 1 amide bonds. The Labute approximate surface area is 182 Å². The lowest BCUT2D eigenvalue weighted by molar-refractivity contribution is 0.0528. The van der Waals surface area contributed by atoms with Crippen LogP contribution in [0.4, 0.5) is 5.69 Å². The van der Waals surface area contributed by atoms with Crippen molar-refractivity contribution in [1.29, 1.82) is 5.26 Å². The largest absolute Gasteiger partial charge is 0.462 e. The lowest BCUT2D eigenvalue weighted by atomic mass is 10.1. The van der Waals surface area contributed by atoms with Crippen LogP contribution in [0, 0.1) is 11.3 Å². The molecule has 0 bridgehead atoms. The average Bonchev–Trinajstić information content (AvgIpc) is 3.21. The molecule has 160 valence electrons. The molecule has 0 aliphatic rings. The van der Waals surface area contributed by atoms with E-state index in [2.05, 4.69) is 15.0 Å². The van der Waals surface area contributed by atoms with Gasteiger partial charge in [0.2, 0.25) is 10.0 Å². The van der Waals surface area contributed by atoms with Crippen molar-refractivity contribution >= 4 is 49.1 Å². The van der Waals surface area contributed by atoms with E-state index >= 15 is 0 Å². The quantitative estimate of drug-likeness (QED) is 0.391. The number of esters is 1. The summed E-state index contributed by atoms with van der Waals surface area (Å²) in [5.74, 6) is -1.10. The Morgan fingerprint density at radius 2 is 1.97 bits per heavy atom. The second-order valence-electron chi connectivity index (χ2n) is 6.22. The molecule has 0 radical (unpaired) electrons. The zero-order chi connectivity index (χ0) is 22.4. The molecule has 3 rings (SSSR count). The molecule has 0 saturated heterocycles. The van der Waals surface area contributed by atoms with Crippen molar-refractivity contribution in [1.82, 2.24) is 9.71 Å². The van der Waals surface area contributed by atoms with Crippen LogP contribution >= 0.6 is 11.3 Å². The topological polar surface area (TPSA) is 138 Å². The van der Waals surface area contributed by atoms with E-state index in [9.17, 15) is 18.0 Å². The second-order valence-corrected chi connectivity index (χ2v) is 8.88. The fourth-order valence-corrected chi connectivity index (χ4v) is 4.42. The number of benzene rings is 2. The molecule has 0 aliphatic carbocycles. The Morgan fingerprint density at radius 3 is 2.65 bits per heavy atom. The van der Waals surface area contributed by atoms with Gasteiger partial charge in [-0.1, -0.05) is 0 Å². The van der Waals surface area contributed by atoms with Gasteiger partial charge in [-0.25, -0.2) is 22.9 Å². The SMILES string of the molecule is CCOC(=O)c1cc2scnc2cc1NC(=O)c1ccc(S(=O)(=O)NCCC#N)cc1. The molecule has 0 atom stereocenters. The third-order valence-corrected chi connectivity index (χ3v) is 6.44. The monoisotopic (exact) mass is 458 g/mol. The first-order valence-corrected chi connectivity index (χ1v) is 11.5. The van der Waals surface area contributed by atoms with Crippen LogP contribution in [0.1, 0.15) is 34.1 Å². The minimum absolute atomic E-state index is 0.00317. The summed E-state index contributed by atoms with van der Waals surface area (Å²) in [6, 6.07) is 10.4. The van der Waals surface area contributed by atoms with E-state index in [1.165, 1.54) is 35.6 Å². The molecular weight excluding hydrogens is 440 g/mol. The van der Waals surface area contributed by atoms with Gasteiger partial charge in [0.15, 0.2) is 0 Å². The summed E-state index contributed by atoms with van der Waals surface area (Å²) in [6.45, 7) is 1.87. The number of sulfonamides is 1. The molecule has 2 N–H and O–H groups in total. The molecule has 9 nitrogen and oxygen atoms in total. The molecule has 0 aliphatic heterocycles. The second kappa shape index (κ2) is 9.65. The molecule has 0 unspecified atom stereocenters. The maximum atomic E-state index is 12.7. The number of carbonyl (C=O) groups is 2. The molecule has 1 heterocycles. The van der Waals surface area contributed by atoms with Crippen molar-refractivity contribution in [2.45, 2.75) is 18.2 Å². The number of anilines is 1. The molecule has 11 heteroatoms. The molecule has 0 spiro atoms. The summed E-state index contributed by atoms with van der Waals surface area (Å²) in [7, 11) is -3.78. The standard InChI is InChI=1S/C20H18N4O5S2/c1-2-29-20(26)15-10-18-17(22-12-30-18)11-16(15)24-19(25)13-4-6-14(7-5-13)31(27,28)23-9-3-8-21/h4-7,10-12,23H,2-3,9H2,1H3,(H,24,25). The smallest absolute Gasteiger partial charge is 0.340 e. The van der Waals surface area contributed by atoms with Gasteiger partial charge < -0.3 is 10.1 Å². The van der Waals surface area contributed by atoms with Crippen LogP contribution in [0.2, 0.25) is 0 Å². The number of nitriles is 1. The van der Waals surface area contributed by atoms with Gasteiger partial charge in [0.05, 0.1) is 44.5 Å². The number of ether oxygens (including phenoxy) is 1. The summed E-state index contributed by atoms with van der Waals surface area (Å²) >= 11 is 1.36. The molecule has 0 fully saturated rings. The molecule has 0 saturated carbocycles. The van der Waals surface area contributed by atoms with Crippen molar-refractivity contribution in [3.05, 3.63) is 53.0 Å². The van der Waals surface area contributed by atoms with Crippen LogP contribution in [0.15, 0.2) is 46.8 Å². The maximum Gasteiger partial charge on any atom is 0.340 e. The fourth-order valence-electron chi connectivity index (χ4n) is 2.69. The zero-order valence-electron chi connectivity index (χ0n) is 16.4. The number of fused-ring (bicyclic) bond motifs is 1. The molecule has 3 aromatic rings. The van der Waals surface area contributed by atoms with E-state index in [0.29, 0.717) is 5.52 Å². The molecule has 2 aromatic carbocycles. The van der Waals surface area contributed by atoms with Gasteiger partial charge in [-0.2, -0.15) is 5.26 Å². The Morgan fingerprint density at radius 1 is 1.23 bits per heavy atom. The van der Waals surface area contributed by atoms with Crippen molar-refractivity contribution in [3.63, 3.8) is 0 Å². The summed E-state index contributed by atoms with van der Waals surface area (Å²) in [5.41, 5.74) is 2.90. The fraction of sp³-hybridized carbons (Fsp3) is 0.200. The van der Waals surface area contributed by atoms with E-state index in [1.807, 2.05) is 6.07 Å².